The Morgan fingerprint density at radius 1 is 0.542 bits per heavy atom. The van der Waals surface area contributed by atoms with Crippen molar-refractivity contribution in [3.05, 3.63) is 59.7 Å². The Morgan fingerprint density at radius 3 is 1.25 bits per heavy atom. The summed E-state index contributed by atoms with van der Waals surface area (Å²) in [6.07, 6.45) is 9.85. The fourth-order valence-electron chi connectivity index (χ4n) is 2.68. The number of rotatable bonds is 11. The van der Waals surface area contributed by atoms with Crippen LogP contribution in [0.3, 0.4) is 0 Å². The van der Waals surface area contributed by atoms with E-state index in [0.717, 1.165) is 24.3 Å². The Balaban J connectivity index is 1.76. The lowest BCUT2D eigenvalue weighted by Crippen LogP contribution is -2.00. The molecule has 0 aliphatic carbocycles. The first kappa shape index (κ1) is 18.4. The molecule has 130 valence electrons. The fraction of sp³-hybridized carbons (Fsp3) is 0.455. The SMILES string of the molecule is CCCCCc1ccc(OOc2ccc(CCCCC)cc2)cc1. The second kappa shape index (κ2) is 10.7. The molecule has 0 aromatic heterocycles. The van der Waals surface area contributed by atoms with E-state index < -0.39 is 0 Å². The Hall–Kier alpha value is -1.96. The molecule has 0 saturated carbocycles. The summed E-state index contributed by atoms with van der Waals surface area (Å²) < 4.78 is 0. The second-order valence-electron chi connectivity index (χ2n) is 6.37. The van der Waals surface area contributed by atoms with Crippen molar-refractivity contribution in [2.75, 3.05) is 0 Å². The smallest absolute Gasteiger partial charge is 0.178 e. The Kier molecular flexibility index (Phi) is 8.23. The molecule has 0 N–H and O–H groups in total. The van der Waals surface area contributed by atoms with Gasteiger partial charge in [0.25, 0.3) is 0 Å². The topological polar surface area (TPSA) is 18.5 Å². The maximum absolute atomic E-state index is 5.41. The van der Waals surface area contributed by atoms with E-state index in [2.05, 4.69) is 38.1 Å². The molecule has 0 bridgehead atoms. The van der Waals surface area contributed by atoms with E-state index >= 15 is 0 Å². The third kappa shape index (κ3) is 6.66. The summed E-state index contributed by atoms with van der Waals surface area (Å²) in [5.41, 5.74) is 2.71. The van der Waals surface area contributed by atoms with Crippen LogP contribution in [0.15, 0.2) is 48.5 Å². The van der Waals surface area contributed by atoms with Gasteiger partial charge in [0.05, 0.1) is 0 Å². The molecule has 0 saturated heterocycles. The quantitative estimate of drug-likeness (QED) is 0.266. The van der Waals surface area contributed by atoms with Crippen LogP contribution in [0.2, 0.25) is 0 Å². The molecule has 0 radical (unpaired) electrons. The van der Waals surface area contributed by atoms with Crippen molar-refractivity contribution in [2.24, 2.45) is 0 Å². The standard InChI is InChI=1S/C22H30O2/c1-3-5-7-9-19-11-15-21(16-12-19)23-24-22-17-13-20(14-18-22)10-8-6-4-2/h11-18H,3-10H2,1-2H3. The summed E-state index contributed by atoms with van der Waals surface area (Å²) in [7, 11) is 0. The van der Waals surface area contributed by atoms with Crippen LogP contribution in [0.25, 0.3) is 0 Å². The third-order valence-electron chi connectivity index (χ3n) is 4.22. The maximum atomic E-state index is 5.41. The molecule has 24 heavy (non-hydrogen) atoms. The van der Waals surface area contributed by atoms with Crippen molar-refractivity contribution >= 4 is 0 Å². The van der Waals surface area contributed by atoms with Crippen LogP contribution in [0.4, 0.5) is 0 Å². The zero-order valence-electron chi connectivity index (χ0n) is 15.1. The van der Waals surface area contributed by atoms with Gasteiger partial charge >= 0.3 is 0 Å². The van der Waals surface area contributed by atoms with E-state index in [4.69, 9.17) is 9.78 Å². The van der Waals surface area contributed by atoms with Crippen LogP contribution >= 0.6 is 0 Å². The first-order chi connectivity index (χ1) is 11.8. The number of aryl methyl sites for hydroxylation is 2. The van der Waals surface area contributed by atoms with Gasteiger partial charge in [-0.2, -0.15) is 0 Å². The molecule has 0 spiro atoms. The van der Waals surface area contributed by atoms with Gasteiger partial charge in [-0.15, -0.1) is 0 Å². The highest BCUT2D eigenvalue weighted by Crippen LogP contribution is 2.18. The third-order valence-corrected chi connectivity index (χ3v) is 4.22. The molecule has 0 heterocycles. The molecule has 0 atom stereocenters. The van der Waals surface area contributed by atoms with Crippen molar-refractivity contribution in [1.29, 1.82) is 0 Å². The number of benzene rings is 2. The average Bonchev–Trinajstić information content (AvgIpc) is 2.63. The highest BCUT2D eigenvalue weighted by atomic mass is 17.2. The van der Waals surface area contributed by atoms with Crippen molar-refractivity contribution in [1.82, 2.24) is 0 Å². The molecule has 2 rings (SSSR count). The second-order valence-corrected chi connectivity index (χ2v) is 6.37. The van der Waals surface area contributed by atoms with Crippen molar-refractivity contribution in [2.45, 2.75) is 65.2 Å². The highest BCUT2D eigenvalue weighted by Gasteiger charge is 2.00. The largest absolute Gasteiger partial charge is 0.290 e. The summed E-state index contributed by atoms with van der Waals surface area (Å²) in [4.78, 5) is 10.8. The summed E-state index contributed by atoms with van der Waals surface area (Å²) in [5.74, 6) is 1.47. The fourth-order valence-corrected chi connectivity index (χ4v) is 2.68. The Morgan fingerprint density at radius 2 is 0.917 bits per heavy atom. The van der Waals surface area contributed by atoms with Gasteiger partial charge < -0.3 is 0 Å². The zero-order chi connectivity index (χ0) is 17.0. The lowest BCUT2D eigenvalue weighted by Gasteiger charge is -2.07. The van der Waals surface area contributed by atoms with Gasteiger partial charge in [-0.05, 0) is 61.1 Å². The molecular formula is C22H30O2. The van der Waals surface area contributed by atoms with Gasteiger partial charge in [0, 0.05) is 0 Å². The average molecular weight is 326 g/mol. The lowest BCUT2D eigenvalue weighted by molar-refractivity contribution is -0.0999. The molecule has 2 aromatic rings. The summed E-state index contributed by atoms with van der Waals surface area (Å²) in [6, 6.07) is 16.4. The van der Waals surface area contributed by atoms with E-state index in [9.17, 15) is 0 Å². The van der Waals surface area contributed by atoms with Crippen LogP contribution in [-0.2, 0) is 12.8 Å². The molecule has 0 fully saturated rings. The van der Waals surface area contributed by atoms with Crippen LogP contribution in [0.5, 0.6) is 11.5 Å². The van der Waals surface area contributed by atoms with Crippen LogP contribution in [0.1, 0.15) is 63.5 Å². The van der Waals surface area contributed by atoms with Crippen LogP contribution in [0, 0.1) is 0 Å². The van der Waals surface area contributed by atoms with Gasteiger partial charge in [-0.3, -0.25) is 9.78 Å². The normalized spacial score (nSPS) is 10.6. The number of unbranched alkanes of at least 4 members (excludes halogenated alkanes) is 4. The summed E-state index contributed by atoms with van der Waals surface area (Å²) in [5, 5.41) is 0. The van der Waals surface area contributed by atoms with Crippen molar-refractivity contribution in [3.8, 4) is 11.5 Å². The highest BCUT2D eigenvalue weighted by molar-refractivity contribution is 5.29. The molecule has 0 amide bonds. The maximum Gasteiger partial charge on any atom is 0.178 e. The molecular weight excluding hydrogens is 296 g/mol. The van der Waals surface area contributed by atoms with Gasteiger partial charge in [0.15, 0.2) is 11.5 Å². The number of hydrogen-bond acceptors (Lipinski definition) is 2. The predicted octanol–water partition coefficient (Wildman–Crippen LogP) is 6.52. The van der Waals surface area contributed by atoms with Crippen LogP contribution < -0.4 is 9.78 Å². The van der Waals surface area contributed by atoms with E-state index in [1.54, 1.807) is 0 Å². The summed E-state index contributed by atoms with van der Waals surface area (Å²) >= 11 is 0. The van der Waals surface area contributed by atoms with Gasteiger partial charge in [0.1, 0.15) is 0 Å². The molecule has 0 unspecified atom stereocenters. The first-order valence-electron chi connectivity index (χ1n) is 9.34. The number of hydrogen-bond donors (Lipinski definition) is 0. The lowest BCUT2D eigenvalue weighted by atomic mass is 10.1. The summed E-state index contributed by atoms with van der Waals surface area (Å²) in [6.45, 7) is 4.46. The molecule has 2 aromatic carbocycles. The van der Waals surface area contributed by atoms with E-state index in [0.29, 0.717) is 0 Å². The molecule has 0 aliphatic heterocycles. The Bertz CT molecular complexity index is 504. The van der Waals surface area contributed by atoms with Crippen molar-refractivity contribution in [3.63, 3.8) is 0 Å². The van der Waals surface area contributed by atoms with Gasteiger partial charge in [-0.1, -0.05) is 63.8 Å². The first-order valence-corrected chi connectivity index (χ1v) is 9.34. The van der Waals surface area contributed by atoms with E-state index in [1.165, 1.54) is 49.7 Å². The minimum absolute atomic E-state index is 0.737. The molecule has 2 nitrogen and oxygen atoms in total. The van der Waals surface area contributed by atoms with Crippen molar-refractivity contribution < 1.29 is 9.78 Å². The van der Waals surface area contributed by atoms with Crippen LogP contribution in [-0.4, -0.2) is 0 Å². The van der Waals surface area contributed by atoms with E-state index in [-0.39, 0.29) is 0 Å². The monoisotopic (exact) mass is 326 g/mol. The van der Waals surface area contributed by atoms with E-state index in [1.807, 2.05) is 24.3 Å². The van der Waals surface area contributed by atoms with Gasteiger partial charge in [0.2, 0.25) is 0 Å². The Labute approximate surface area is 146 Å². The minimum atomic E-state index is 0.737. The minimum Gasteiger partial charge on any atom is -0.290 e. The zero-order valence-corrected chi connectivity index (χ0v) is 15.1. The molecule has 0 aliphatic rings. The van der Waals surface area contributed by atoms with Gasteiger partial charge in [-0.25, -0.2) is 0 Å². The predicted molar refractivity (Wildman–Crippen MR) is 101 cm³/mol. The molecule has 2 heteroatoms.